The summed E-state index contributed by atoms with van der Waals surface area (Å²) < 4.78 is 2.05. The lowest BCUT2D eigenvalue weighted by atomic mass is 10.1. The van der Waals surface area contributed by atoms with Gasteiger partial charge in [-0.3, -0.25) is 0 Å². The fourth-order valence-electron chi connectivity index (χ4n) is 2.79. The first-order valence-corrected chi connectivity index (χ1v) is 7.33. The Morgan fingerprint density at radius 3 is 2.50 bits per heavy atom. The Morgan fingerprint density at radius 2 is 1.90 bits per heavy atom. The van der Waals surface area contributed by atoms with Crippen LogP contribution in [0.4, 0.5) is 0 Å². The van der Waals surface area contributed by atoms with Crippen molar-refractivity contribution < 1.29 is 0 Å². The molecular formula is C17H23N3. The SMILES string of the molecule is Cc1nn(-c2ccccc2)c(C)c1CNC1CC1(C)C. The first-order chi connectivity index (χ1) is 9.49. The van der Waals surface area contributed by atoms with Gasteiger partial charge >= 0.3 is 0 Å². The molecule has 20 heavy (non-hydrogen) atoms. The zero-order valence-electron chi connectivity index (χ0n) is 12.8. The van der Waals surface area contributed by atoms with E-state index in [-0.39, 0.29) is 0 Å². The van der Waals surface area contributed by atoms with Gasteiger partial charge in [0.05, 0.1) is 11.4 Å². The molecule has 2 aromatic rings. The zero-order valence-corrected chi connectivity index (χ0v) is 12.8. The largest absolute Gasteiger partial charge is 0.309 e. The Balaban J connectivity index is 1.81. The van der Waals surface area contributed by atoms with Crippen molar-refractivity contribution in [3.05, 3.63) is 47.3 Å². The van der Waals surface area contributed by atoms with Gasteiger partial charge in [-0.15, -0.1) is 0 Å². The second-order valence-corrected chi connectivity index (χ2v) is 6.52. The molecule has 1 fully saturated rings. The number of para-hydroxylation sites is 1. The summed E-state index contributed by atoms with van der Waals surface area (Å²) in [5.74, 6) is 0. The van der Waals surface area contributed by atoms with Crippen LogP contribution in [0, 0.1) is 19.3 Å². The van der Waals surface area contributed by atoms with E-state index in [1.165, 1.54) is 17.7 Å². The van der Waals surface area contributed by atoms with Gasteiger partial charge < -0.3 is 5.32 Å². The van der Waals surface area contributed by atoms with Crippen molar-refractivity contribution in [2.75, 3.05) is 0 Å². The fraction of sp³-hybridized carbons (Fsp3) is 0.471. The monoisotopic (exact) mass is 269 g/mol. The smallest absolute Gasteiger partial charge is 0.0648 e. The lowest BCUT2D eigenvalue weighted by Crippen LogP contribution is -2.20. The Hall–Kier alpha value is -1.61. The topological polar surface area (TPSA) is 29.9 Å². The van der Waals surface area contributed by atoms with Crippen molar-refractivity contribution in [2.24, 2.45) is 5.41 Å². The molecule has 1 unspecified atom stereocenters. The van der Waals surface area contributed by atoms with Gasteiger partial charge in [0, 0.05) is 23.8 Å². The summed E-state index contributed by atoms with van der Waals surface area (Å²) in [5.41, 5.74) is 5.29. The molecule has 1 aliphatic rings. The van der Waals surface area contributed by atoms with Crippen molar-refractivity contribution >= 4 is 0 Å². The van der Waals surface area contributed by atoms with E-state index in [1.807, 2.05) is 10.7 Å². The van der Waals surface area contributed by atoms with Gasteiger partial charge in [0.2, 0.25) is 0 Å². The summed E-state index contributed by atoms with van der Waals surface area (Å²) in [6.45, 7) is 9.80. The van der Waals surface area contributed by atoms with Crippen molar-refractivity contribution in [1.29, 1.82) is 0 Å². The number of hydrogen-bond donors (Lipinski definition) is 1. The summed E-state index contributed by atoms with van der Waals surface area (Å²) in [7, 11) is 0. The van der Waals surface area contributed by atoms with Crippen LogP contribution in [0.25, 0.3) is 5.69 Å². The normalized spacial score (nSPS) is 20.1. The molecule has 0 saturated heterocycles. The van der Waals surface area contributed by atoms with Crippen LogP contribution in [0.1, 0.15) is 37.2 Å². The number of hydrogen-bond acceptors (Lipinski definition) is 2. The van der Waals surface area contributed by atoms with Crippen molar-refractivity contribution in [3.8, 4) is 5.69 Å². The molecule has 0 aliphatic heterocycles. The molecule has 0 amide bonds. The number of aromatic nitrogens is 2. The van der Waals surface area contributed by atoms with Crippen molar-refractivity contribution in [3.63, 3.8) is 0 Å². The molecule has 1 aromatic heterocycles. The molecule has 0 bridgehead atoms. The van der Waals surface area contributed by atoms with Crippen molar-refractivity contribution in [2.45, 2.75) is 46.7 Å². The van der Waals surface area contributed by atoms with Gasteiger partial charge in [0.1, 0.15) is 0 Å². The Bertz CT molecular complexity index is 611. The third-order valence-electron chi connectivity index (χ3n) is 4.48. The lowest BCUT2D eigenvalue weighted by molar-refractivity contribution is 0.540. The van der Waals surface area contributed by atoms with Crippen LogP contribution in [0.2, 0.25) is 0 Å². The zero-order chi connectivity index (χ0) is 14.3. The van der Waals surface area contributed by atoms with Crippen LogP contribution in [-0.4, -0.2) is 15.8 Å². The molecule has 3 nitrogen and oxygen atoms in total. The summed E-state index contributed by atoms with van der Waals surface area (Å²) in [6, 6.07) is 11.0. The number of aryl methyl sites for hydroxylation is 1. The first-order valence-electron chi connectivity index (χ1n) is 7.33. The average molecular weight is 269 g/mol. The van der Waals surface area contributed by atoms with Gasteiger partial charge in [0.25, 0.3) is 0 Å². The maximum Gasteiger partial charge on any atom is 0.0648 e. The molecule has 0 spiro atoms. The Morgan fingerprint density at radius 1 is 1.25 bits per heavy atom. The molecule has 1 aromatic carbocycles. The summed E-state index contributed by atoms with van der Waals surface area (Å²) in [6.07, 6.45) is 1.28. The highest BCUT2D eigenvalue weighted by Gasteiger charge is 2.45. The minimum Gasteiger partial charge on any atom is -0.309 e. The summed E-state index contributed by atoms with van der Waals surface area (Å²) >= 11 is 0. The van der Waals surface area contributed by atoms with Gasteiger partial charge in [-0.25, -0.2) is 4.68 Å². The number of nitrogens with zero attached hydrogens (tertiary/aromatic N) is 2. The van der Waals surface area contributed by atoms with E-state index >= 15 is 0 Å². The summed E-state index contributed by atoms with van der Waals surface area (Å²) in [4.78, 5) is 0. The third kappa shape index (κ3) is 2.38. The maximum absolute atomic E-state index is 4.69. The number of benzene rings is 1. The maximum atomic E-state index is 4.69. The van der Waals surface area contributed by atoms with Crippen LogP contribution >= 0.6 is 0 Å². The average Bonchev–Trinajstić information content (AvgIpc) is 2.93. The van der Waals surface area contributed by atoms with Gasteiger partial charge in [-0.05, 0) is 37.8 Å². The number of nitrogens with one attached hydrogen (secondary N) is 1. The van der Waals surface area contributed by atoms with Crippen LogP contribution in [0.3, 0.4) is 0 Å². The highest BCUT2D eigenvalue weighted by atomic mass is 15.3. The fourth-order valence-corrected chi connectivity index (χ4v) is 2.79. The molecule has 3 heteroatoms. The molecule has 1 heterocycles. The standard InChI is InChI=1S/C17H23N3/c1-12-15(11-18-16-10-17(16,3)4)13(2)20(19-12)14-8-6-5-7-9-14/h5-9,16,18H,10-11H2,1-4H3. The minimum absolute atomic E-state index is 0.469. The summed E-state index contributed by atoms with van der Waals surface area (Å²) in [5, 5.41) is 8.35. The minimum atomic E-state index is 0.469. The highest BCUT2D eigenvalue weighted by molar-refractivity contribution is 5.36. The highest BCUT2D eigenvalue weighted by Crippen LogP contribution is 2.44. The molecule has 0 radical (unpaired) electrons. The van der Waals surface area contributed by atoms with E-state index in [9.17, 15) is 0 Å². The van der Waals surface area contributed by atoms with E-state index < -0.39 is 0 Å². The molecule has 106 valence electrons. The van der Waals surface area contributed by atoms with Crippen LogP contribution in [0.5, 0.6) is 0 Å². The third-order valence-corrected chi connectivity index (χ3v) is 4.48. The molecule has 1 aliphatic carbocycles. The van der Waals surface area contributed by atoms with Gasteiger partial charge in [0.15, 0.2) is 0 Å². The van der Waals surface area contributed by atoms with Gasteiger partial charge in [-0.1, -0.05) is 32.0 Å². The quantitative estimate of drug-likeness (QED) is 0.922. The van der Waals surface area contributed by atoms with Crippen molar-refractivity contribution in [1.82, 2.24) is 15.1 Å². The lowest BCUT2D eigenvalue weighted by Gasteiger charge is -2.08. The molecule has 3 rings (SSSR count). The van der Waals surface area contributed by atoms with Crippen LogP contribution in [0.15, 0.2) is 30.3 Å². The second-order valence-electron chi connectivity index (χ2n) is 6.52. The first kappa shape index (κ1) is 13.4. The molecular weight excluding hydrogens is 246 g/mol. The Labute approximate surface area is 121 Å². The molecule has 1 atom stereocenters. The van der Waals surface area contributed by atoms with Crippen LogP contribution < -0.4 is 5.32 Å². The van der Waals surface area contributed by atoms with Gasteiger partial charge in [-0.2, -0.15) is 5.10 Å². The number of rotatable bonds is 4. The van der Waals surface area contributed by atoms with E-state index in [0.717, 1.165) is 17.9 Å². The van der Waals surface area contributed by atoms with Crippen LogP contribution in [-0.2, 0) is 6.54 Å². The molecule has 1 N–H and O–H groups in total. The Kier molecular flexibility index (Phi) is 3.17. The van der Waals surface area contributed by atoms with E-state index in [0.29, 0.717) is 11.5 Å². The predicted octanol–water partition coefficient (Wildman–Crippen LogP) is 3.38. The van der Waals surface area contributed by atoms with E-state index in [4.69, 9.17) is 5.10 Å². The van der Waals surface area contributed by atoms with E-state index in [1.54, 1.807) is 0 Å². The predicted molar refractivity (Wildman–Crippen MR) is 82.1 cm³/mol. The van der Waals surface area contributed by atoms with E-state index in [2.05, 4.69) is 57.3 Å². The molecule has 1 saturated carbocycles. The second kappa shape index (κ2) is 4.74.